The van der Waals surface area contributed by atoms with Gasteiger partial charge in [0.2, 0.25) is 0 Å². The van der Waals surface area contributed by atoms with Crippen LogP contribution in [0.25, 0.3) is 10.1 Å². The number of ether oxygens (including phenoxy) is 1. The Morgan fingerprint density at radius 3 is 3.10 bits per heavy atom. The van der Waals surface area contributed by atoms with Crippen LogP contribution < -0.4 is 11.1 Å². The van der Waals surface area contributed by atoms with Crippen molar-refractivity contribution >= 4 is 44.6 Å². The molecule has 106 valence electrons. The fourth-order valence-electron chi connectivity index (χ4n) is 2.39. The second-order valence-corrected chi connectivity index (χ2v) is 6.26. The Morgan fingerprint density at radius 2 is 2.40 bits per heavy atom. The number of hydrogen-bond donors (Lipinski definition) is 2. The van der Waals surface area contributed by atoms with Crippen molar-refractivity contribution in [2.24, 2.45) is 0 Å². The van der Waals surface area contributed by atoms with Crippen LogP contribution in [0, 0.1) is 0 Å². The number of nitrogen functional groups attached to an aromatic ring is 1. The molecule has 0 saturated carbocycles. The Bertz CT molecular complexity index is 650. The average molecular weight is 311 g/mol. The molecule has 1 unspecified atom stereocenters. The second kappa shape index (κ2) is 5.60. The van der Waals surface area contributed by atoms with E-state index in [-0.39, 0.29) is 12.0 Å². The molecule has 1 atom stereocenters. The molecule has 0 bridgehead atoms. The zero-order valence-corrected chi connectivity index (χ0v) is 12.4. The van der Waals surface area contributed by atoms with Crippen LogP contribution in [-0.2, 0) is 4.74 Å². The van der Waals surface area contributed by atoms with Gasteiger partial charge in [-0.25, -0.2) is 0 Å². The smallest absolute Gasteiger partial charge is 0.263 e. The number of carbonyl (C=O) groups excluding carboxylic acids is 1. The molecule has 2 aromatic rings. The highest BCUT2D eigenvalue weighted by molar-refractivity contribution is 7.21. The van der Waals surface area contributed by atoms with E-state index in [1.807, 2.05) is 12.1 Å². The van der Waals surface area contributed by atoms with E-state index < -0.39 is 0 Å². The van der Waals surface area contributed by atoms with Crippen LogP contribution in [-0.4, -0.2) is 25.2 Å². The number of nitrogens with one attached hydrogen (secondary N) is 1. The highest BCUT2D eigenvalue weighted by Gasteiger charge is 2.20. The molecule has 3 rings (SSSR count). The number of halogens is 1. The topological polar surface area (TPSA) is 64.4 Å². The van der Waals surface area contributed by atoms with Crippen LogP contribution in [0.3, 0.4) is 0 Å². The van der Waals surface area contributed by atoms with Gasteiger partial charge < -0.3 is 15.8 Å². The first-order chi connectivity index (χ1) is 9.66. The molecule has 0 radical (unpaired) electrons. The highest BCUT2D eigenvalue weighted by atomic mass is 35.5. The number of carbonyl (C=O) groups is 1. The number of benzene rings is 1. The van der Waals surface area contributed by atoms with Gasteiger partial charge in [0.25, 0.3) is 5.91 Å². The number of anilines is 1. The van der Waals surface area contributed by atoms with Crippen LogP contribution in [0.1, 0.15) is 22.5 Å². The third-order valence-electron chi connectivity index (χ3n) is 3.42. The number of nitrogens with two attached hydrogens (primary N) is 1. The number of amides is 1. The van der Waals surface area contributed by atoms with Crippen molar-refractivity contribution in [3.05, 3.63) is 28.1 Å². The number of fused-ring (bicyclic) bond motifs is 1. The van der Waals surface area contributed by atoms with E-state index in [9.17, 15) is 4.79 Å². The van der Waals surface area contributed by atoms with Gasteiger partial charge in [0.05, 0.1) is 16.8 Å². The molecule has 1 amide bonds. The fourth-order valence-corrected chi connectivity index (χ4v) is 3.79. The third-order valence-corrected chi connectivity index (χ3v) is 4.91. The first kappa shape index (κ1) is 13.7. The Kier molecular flexibility index (Phi) is 3.83. The number of rotatable bonds is 3. The molecule has 1 saturated heterocycles. The molecule has 1 fully saturated rings. The summed E-state index contributed by atoms with van der Waals surface area (Å²) in [6, 6.07) is 5.55. The summed E-state index contributed by atoms with van der Waals surface area (Å²) in [7, 11) is 0. The minimum Gasteiger partial charge on any atom is -0.397 e. The van der Waals surface area contributed by atoms with Gasteiger partial charge in [-0.3, -0.25) is 4.79 Å². The summed E-state index contributed by atoms with van der Waals surface area (Å²) in [6.45, 7) is 1.31. The minimum atomic E-state index is -0.157. The van der Waals surface area contributed by atoms with Gasteiger partial charge in [-0.1, -0.05) is 17.7 Å². The molecule has 1 aromatic heterocycles. The first-order valence-corrected chi connectivity index (χ1v) is 7.72. The van der Waals surface area contributed by atoms with E-state index in [2.05, 4.69) is 5.32 Å². The molecule has 0 spiro atoms. The van der Waals surface area contributed by atoms with Crippen molar-refractivity contribution in [1.29, 1.82) is 0 Å². The normalized spacial score (nSPS) is 18.6. The predicted molar refractivity (Wildman–Crippen MR) is 82.6 cm³/mol. The summed E-state index contributed by atoms with van der Waals surface area (Å²) in [6.07, 6.45) is 2.17. The van der Waals surface area contributed by atoms with Gasteiger partial charge in [-0.15, -0.1) is 11.3 Å². The van der Waals surface area contributed by atoms with Crippen molar-refractivity contribution in [3.63, 3.8) is 0 Å². The van der Waals surface area contributed by atoms with Gasteiger partial charge in [0.15, 0.2) is 0 Å². The number of thiophene rings is 1. The largest absolute Gasteiger partial charge is 0.397 e. The molecule has 20 heavy (non-hydrogen) atoms. The lowest BCUT2D eigenvalue weighted by Crippen LogP contribution is -2.31. The van der Waals surface area contributed by atoms with Gasteiger partial charge in [-0.05, 0) is 25.0 Å². The maximum absolute atomic E-state index is 12.2. The highest BCUT2D eigenvalue weighted by Crippen LogP contribution is 2.37. The maximum atomic E-state index is 12.2. The van der Waals surface area contributed by atoms with Crippen LogP contribution in [0.5, 0.6) is 0 Å². The second-order valence-electron chi connectivity index (χ2n) is 4.80. The van der Waals surface area contributed by atoms with Crippen LogP contribution >= 0.6 is 22.9 Å². The summed E-state index contributed by atoms with van der Waals surface area (Å²) in [5, 5.41) is 4.23. The molecule has 0 aliphatic carbocycles. The molecule has 2 heterocycles. The Hall–Kier alpha value is -1.30. The molecule has 4 nitrogen and oxygen atoms in total. The first-order valence-electron chi connectivity index (χ1n) is 6.53. The van der Waals surface area contributed by atoms with Crippen molar-refractivity contribution in [2.75, 3.05) is 18.9 Å². The Labute approximate surface area is 125 Å². The summed E-state index contributed by atoms with van der Waals surface area (Å²) in [5.41, 5.74) is 6.52. The molecular formula is C14H15ClN2O2S. The van der Waals surface area contributed by atoms with E-state index in [4.69, 9.17) is 22.1 Å². The predicted octanol–water partition coefficient (Wildman–Crippen LogP) is 3.05. The lowest BCUT2D eigenvalue weighted by molar-refractivity contribution is 0.0862. The van der Waals surface area contributed by atoms with Crippen LogP contribution in [0.2, 0.25) is 5.02 Å². The average Bonchev–Trinajstić information content (AvgIpc) is 3.05. The van der Waals surface area contributed by atoms with Crippen molar-refractivity contribution in [2.45, 2.75) is 18.9 Å². The summed E-state index contributed by atoms with van der Waals surface area (Å²) >= 11 is 7.50. The number of hydrogen-bond acceptors (Lipinski definition) is 4. The summed E-state index contributed by atoms with van der Waals surface area (Å²) in [5.74, 6) is -0.157. The van der Waals surface area contributed by atoms with Crippen molar-refractivity contribution in [1.82, 2.24) is 5.32 Å². The molecule has 6 heteroatoms. The van der Waals surface area contributed by atoms with Gasteiger partial charge in [0.1, 0.15) is 4.88 Å². The SMILES string of the molecule is Nc1c(C(=O)NCC2CCCO2)sc2cccc(Cl)c12. The molecule has 3 N–H and O–H groups in total. The molecule has 1 aliphatic rings. The summed E-state index contributed by atoms with van der Waals surface area (Å²) < 4.78 is 6.41. The molecule has 1 aromatic carbocycles. The summed E-state index contributed by atoms with van der Waals surface area (Å²) in [4.78, 5) is 12.7. The fraction of sp³-hybridized carbons (Fsp3) is 0.357. The van der Waals surface area contributed by atoms with E-state index in [0.717, 1.165) is 29.5 Å². The molecular weight excluding hydrogens is 296 g/mol. The Morgan fingerprint density at radius 1 is 1.55 bits per heavy atom. The standard InChI is InChI=1S/C14H15ClN2O2S/c15-9-4-1-5-10-11(9)12(16)13(20-10)14(18)17-7-8-3-2-6-19-8/h1,4-5,8H,2-3,6-7,16H2,(H,17,18). The quantitative estimate of drug-likeness (QED) is 0.916. The minimum absolute atomic E-state index is 0.123. The third kappa shape index (κ3) is 2.49. The van der Waals surface area contributed by atoms with Gasteiger partial charge >= 0.3 is 0 Å². The lowest BCUT2D eigenvalue weighted by Gasteiger charge is -2.10. The van der Waals surface area contributed by atoms with Crippen molar-refractivity contribution < 1.29 is 9.53 Å². The van der Waals surface area contributed by atoms with Crippen molar-refractivity contribution in [3.8, 4) is 0 Å². The van der Waals surface area contributed by atoms with E-state index in [1.54, 1.807) is 6.07 Å². The zero-order chi connectivity index (χ0) is 14.1. The Balaban J connectivity index is 1.80. The van der Waals surface area contributed by atoms with Gasteiger partial charge in [-0.2, -0.15) is 0 Å². The van der Waals surface area contributed by atoms with E-state index in [0.29, 0.717) is 22.1 Å². The van der Waals surface area contributed by atoms with E-state index >= 15 is 0 Å². The van der Waals surface area contributed by atoms with E-state index in [1.165, 1.54) is 11.3 Å². The van der Waals surface area contributed by atoms with Crippen LogP contribution in [0.4, 0.5) is 5.69 Å². The van der Waals surface area contributed by atoms with Crippen LogP contribution in [0.15, 0.2) is 18.2 Å². The van der Waals surface area contributed by atoms with Gasteiger partial charge in [0, 0.05) is 23.2 Å². The zero-order valence-electron chi connectivity index (χ0n) is 10.8. The molecule has 1 aliphatic heterocycles. The lowest BCUT2D eigenvalue weighted by atomic mass is 10.2. The maximum Gasteiger partial charge on any atom is 0.263 e. The monoisotopic (exact) mass is 310 g/mol.